The zero-order valence-corrected chi connectivity index (χ0v) is 7.20. The van der Waals surface area contributed by atoms with Crippen LogP contribution in [0, 0.1) is 0 Å². The van der Waals surface area contributed by atoms with Crippen LogP contribution in [0.5, 0.6) is 5.75 Å². The minimum atomic E-state index is -0.173. The van der Waals surface area contributed by atoms with Crippen molar-refractivity contribution in [3.63, 3.8) is 0 Å². The average Bonchev–Trinajstić information content (AvgIpc) is 2.16. The molecule has 1 aliphatic heterocycles. The van der Waals surface area contributed by atoms with E-state index >= 15 is 0 Å². The molecule has 13 heavy (non-hydrogen) atoms. The molecule has 2 heterocycles. The number of hydrogen-bond donors (Lipinski definition) is 1. The summed E-state index contributed by atoms with van der Waals surface area (Å²) >= 11 is 0. The Morgan fingerprint density at radius 1 is 1.77 bits per heavy atom. The Kier molecular flexibility index (Phi) is 1.84. The number of carbonyl (C=O) groups excluding carboxylic acids is 1. The van der Waals surface area contributed by atoms with Gasteiger partial charge in [0.1, 0.15) is 5.82 Å². The Morgan fingerprint density at radius 3 is 3.38 bits per heavy atom. The third-order valence-electron chi connectivity index (χ3n) is 1.74. The van der Waals surface area contributed by atoms with E-state index in [-0.39, 0.29) is 13.9 Å². The van der Waals surface area contributed by atoms with Gasteiger partial charge in [-0.1, -0.05) is 6.92 Å². The largest absolute Gasteiger partial charge is 0.478 e. The van der Waals surface area contributed by atoms with Crippen LogP contribution in [0.3, 0.4) is 0 Å². The Labute approximate surface area is 76.6 Å². The number of aromatic nitrogens is 2. The van der Waals surface area contributed by atoms with E-state index in [1.54, 1.807) is 6.20 Å². The highest BCUT2D eigenvalue weighted by molar-refractivity contribution is 5.93. The number of fused-ring (bicyclic) bond motifs is 1. The molecule has 0 fully saturated rings. The van der Waals surface area contributed by atoms with E-state index in [1.165, 1.54) is 0 Å². The van der Waals surface area contributed by atoms with E-state index < -0.39 is 0 Å². The van der Waals surface area contributed by atoms with E-state index in [0.29, 0.717) is 17.4 Å². The standard InChI is InChI=1S/C8H9N3O2.H2/c1-2-6-9-3-5-8(10-6)11-7(12)4-13-5;/h3H,2,4H2,1H3,(H,9,10,11,12);1H. The van der Waals surface area contributed by atoms with E-state index in [2.05, 4.69) is 15.3 Å². The van der Waals surface area contributed by atoms with E-state index in [0.717, 1.165) is 6.42 Å². The fourth-order valence-corrected chi connectivity index (χ4v) is 1.08. The first-order valence-corrected chi connectivity index (χ1v) is 4.08. The number of nitrogens with one attached hydrogen (secondary N) is 1. The van der Waals surface area contributed by atoms with Gasteiger partial charge in [-0.25, -0.2) is 9.97 Å². The van der Waals surface area contributed by atoms with Gasteiger partial charge in [0.05, 0.1) is 6.20 Å². The molecule has 2 rings (SSSR count). The summed E-state index contributed by atoms with van der Waals surface area (Å²) in [5, 5.41) is 2.62. The minimum absolute atomic E-state index is 0. The second-order valence-electron chi connectivity index (χ2n) is 2.69. The first kappa shape index (κ1) is 7.97. The molecule has 1 aromatic heterocycles. The molecular weight excluding hydrogens is 170 g/mol. The van der Waals surface area contributed by atoms with Gasteiger partial charge in [0, 0.05) is 7.85 Å². The summed E-state index contributed by atoms with van der Waals surface area (Å²) in [6.45, 7) is 2.00. The molecule has 0 aromatic carbocycles. The highest BCUT2D eigenvalue weighted by atomic mass is 16.5. The monoisotopic (exact) mass is 181 g/mol. The molecule has 5 heteroatoms. The van der Waals surface area contributed by atoms with Crippen LogP contribution in [0.25, 0.3) is 0 Å². The molecule has 0 saturated heterocycles. The van der Waals surface area contributed by atoms with Gasteiger partial charge in [0.25, 0.3) is 5.91 Å². The van der Waals surface area contributed by atoms with Crippen LogP contribution in [0.15, 0.2) is 6.20 Å². The second kappa shape index (κ2) is 3.01. The Balaban J connectivity index is 0.000000980. The Bertz CT molecular complexity index is 356. The maximum atomic E-state index is 10.9. The molecule has 1 N–H and O–H groups in total. The molecule has 70 valence electrons. The molecular formula is C8H11N3O2. The van der Waals surface area contributed by atoms with Gasteiger partial charge in [-0.15, -0.1) is 0 Å². The van der Waals surface area contributed by atoms with Crippen LogP contribution in [-0.4, -0.2) is 22.5 Å². The molecule has 5 nitrogen and oxygen atoms in total. The van der Waals surface area contributed by atoms with Crippen LogP contribution < -0.4 is 10.1 Å². The van der Waals surface area contributed by atoms with Crippen LogP contribution in [0.4, 0.5) is 5.82 Å². The predicted molar refractivity (Wildman–Crippen MR) is 47.6 cm³/mol. The van der Waals surface area contributed by atoms with Gasteiger partial charge in [-0.2, -0.15) is 0 Å². The summed E-state index contributed by atoms with van der Waals surface area (Å²) in [6, 6.07) is 0. The first-order chi connectivity index (χ1) is 6.29. The fourth-order valence-electron chi connectivity index (χ4n) is 1.08. The van der Waals surface area contributed by atoms with Crippen LogP contribution >= 0.6 is 0 Å². The average molecular weight is 181 g/mol. The highest BCUT2D eigenvalue weighted by Crippen LogP contribution is 2.23. The summed E-state index contributed by atoms with van der Waals surface area (Å²) in [5.74, 6) is 1.54. The van der Waals surface area contributed by atoms with Crippen molar-refractivity contribution in [2.24, 2.45) is 0 Å². The molecule has 0 atom stereocenters. The van der Waals surface area contributed by atoms with Gasteiger partial charge in [0.15, 0.2) is 18.2 Å². The van der Waals surface area contributed by atoms with Gasteiger partial charge in [-0.05, 0) is 0 Å². The van der Waals surface area contributed by atoms with Crippen molar-refractivity contribution in [3.8, 4) is 5.75 Å². The number of carbonyl (C=O) groups is 1. The molecule has 1 amide bonds. The SMILES string of the molecule is CCc1ncc2c(n1)NC(=O)CO2.[HH]. The number of aryl methyl sites for hydroxylation is 1. The number of nitrogens with zero attached hydrogens (tertiary/aromatic N) is 2. The van der Waals surface area contributed by atoms with E-state index in [4.69, 9.17) is 4.74 Å². The van der Waals surface area contributed by atoms with E-state index in [9.17, 15) is 4.79 Å². The maximum Gasteiger partial charge on any atom is 0.263 e. The van der Waals surface area contributed by atoms with Crippen LogP contribution in [-0.2, 0) is 11.2 Å². The summed E-state index contributed by atoms with van der Waals surface area (Å²) < 4.78 is 5.10. The molecule has 0 spiro atoms. The van der Waals surface area contributed by atoms with Crippen LogP contribution in [0.2, 0.25) is 0 Å². The zero-order chi connectivity index (χ0) is 9.26. The summed E-state index contributed by atoms with van der Waals surface area (Å²) in [6.07, 6.45) is 2.32. The van der Waals surface area contributed by atoms with Crippen molar-refractivity contribution >= 4 is 11.7 Å². The molecule has 1 aliphatic rings. The lowest BCUT2D eigenvalue weighted by atomic mass is 10.4. The van der Waals surface area contributed by atoms with Gasteiger partial charge in [0.2, 0.25) is 0 Å². The van der Waals surface area contributed by atoms with Crippen molar-refractivity contribution < 1.29 is 11.0 Å². The lowest BCUT2D eigenvalue weighted by molar-refractivity contribution is -0.118. The van der Waals surface area contributed by atoms with Crippen molar-refractivity contribution in [1.82, 2.24) is 9.97 Å². The lowest BCUT2D eigenvalue weighted by Crippen LogP contribution is -2.26. The Morgan fingerprint density at radius 2 is 2.62 bits per heavy atom. The normalized spacial score (nSPS) is 14.4. The fraction of sp³-hybridized carbons (Fsp3) is 0.375. The highest BCUT2D eigenvalue weighted by Gasteiger charge is 2.17. The van der Waals surface area contributed by atoms with Crippen molar-refractivity contribution in [2.75, 3.05) is 11.9 Å². The van der Waals surface area contributed by atoms with Gasteiger partial charge >= 0.3 is 0 Å². The first-order valence-electron chi connectivity index (χ1n) is 4.08. The number of rotatable bonds is 1. The Hall–Kier alpha value is -1.65. The lowest BCUT2D eigenvalue weighted by Gasteiger charge is -2.16. The molecule has 0 aliphatic carbocycles. The third kappa shape index (κ3) is 1.44. The number of ether oxygens (including phenoxy) is 1. The topological polar surface area (TPSA) is 64.1 Å². The molecule has 0 saturated carbocycles. The van der Waals surface area contributed by atoms with Crippen molar-refractivity contribution in [2.45, 2.75) is 13.3 Å². The minimum Gasteiger partial charge on any atom is -0.478 e. The van der Waals surface area contributed by atoms with Crippen LogP contribution in [0.1, 0.15) is 14.2 Å². The van der Waals surface area contributed by atoms with Gasteiger partial charge < -0.3 is 10.1 Å². The number of anilines is 1. The summed E-state index contributed by atoms with van der Waals surface area (Å²) in [7, 11) is 0. The zero-order valence-electron chi connectivity index (χ0n) is 7.20. The maximum absolute atomic E-state index is 10.9. The van der Waals surface area contributed by atoms with Crippen molar-refractivity contribution in [3.05, 3.63) is 12.0 Å². The van der Waals surface area contributed by atoms with E-state index in [1.807, 2.05) is 6.92 Å². The smallest absolute Gasteiger partial charge is 0.263 e. The summed E-state index contributed by atoms with van der Waals surface area (Å²) in [4.78, 5) is 19.1. The molecule has 0 radical (unpaired) electrons. The molecule has 1 aromatic rings. The van der Waals surface area contributed by atoms with Crippen molar-refractivity contribution in [1.29, 1.82) is 0 Å². The molecule has 0 bridgehead atoms. The molecule has 0 unspecified atom stereocenters. The predicted octanol–water partition coefficient (Wildman–Crippen LogP) is 0.616. The summed E-state index contributed by atoms with van der Waals surface area (Å²) in [5.41, 5.74) is 0. The number of hydrogen-bond acceptors (Lipinski definition) is 4. The number of amides is 1. The third-order valence-corrected chi connectivity index (χ3v) is 1.74. The second-order valence-corrected chi connectivity index (χ2v) is 2.69. The quantitative estimate of drug-likeness (QED) is 0.689. The van der Waals surface area contributed by atoms with Gasteiger partial charge in [-0.3, -0.25) is 4.79 Å².